The number of hydrogen-bond acceptors (Lipinski definition) is 6. The summed E-state index contributed by atoms with van der Waals surface area (Å²) in [6, 6.07) is 5.75. The van der Waals surface area contributed by atoms with Crippen molar-refractivity contribution in [2.24, 2.45) is 0 Å². The van der Waals surface area contributed by atoms with Crippen LogP contribution in [-0.4, -0.2) is 45.5 Å². The third kappa shape index (κ3) is 4.80. The Balaban J connectivity index is 1.85. The standard InChI is InChI=1S/C12H15FN6OS/c1-14-5-6-19-12(16-17-18-19)21-8-11(20)15-10-4-2-3-9(13)7-10/h2-4,7,14H,5-6,8H2,1H3,(H,15,20). The normalized spacial score (nSPS) is 10.6. The molecule has 1 amide bonds. The molecule has 0 bridgehead atoms. The van der Waals surface area contributed by atoms with E-state index >= 15 is 0 Å². The van der Waals surface area contributed by atoms with E-state index in [-0.39, 0.29) is 11.7 Å². The summed E-state index contributed by atoms with van der Waals surface area (Å²) in [5, 5.41) is 17.5. The van der Waals surface area contributed by atoms with Crippen molar-refractivity contribution in [2.75, 3.05) is 24.7 Å². The van der Waals surface area contributed by atoms with Gasteiger partial charge in [0.05, 0.1) is 12.3 Å². The van der Waals surface area contributed by atoms with Gasteiger partial charge in [-0.1, -0.05) is 17.8 Å². The van der Waals surface area contributed by atoms with Gasteiger partial charge in [0.15, 0.2) is 0 Å². The van der Waals surface area contributed by atoms with Crippen LogP contribution in [0, 0.1) is 5.82 Å². The summed E-state index contributed by atoms with van der Waals surface area (Å²) in [7, 11) is 1.84. The summed E-state index contributed by atoms with van der Waals surface area (Å²) in [6.45, 7) is 1.35. The molecule has 2 N–H and O–H groups in total. The van der Waals surface area contributed by atoms with Gasteiger partial charge < -0.3 is 10.6 Å². The fourth-order valence-corrected chi connectivity index (χ4v) is 2.25. The zero-order valence-electron chi connectivity index (χ0n) is 11.4. The molecular weight excluding hydrogens is 295 g/mol. The molecule has 1 aromatic carbocycles. The molecule has 0 aliphatic heterocycles. The van der Waals surface area contributed by atoms with Crippen molar-refractivity contribution in [3.8, 4) is 0 Å². The number of tetrazole rings is 1. The molecule has 0 unspecified atom stereocenters. The molecule has 9 heteroatoms. The van der Waals surface area contributed by atoms with Gasteiger partial charge in [0, 0.05) is 12.2 Å². The van der Waals surface area contributed by atoms with Crippen molar-refractivity contribution in [3.05, 3.63) is 30.1 Å². The number of aromatic nitrogens is 4. The maximum atomic E-state index is 13.0. The first kappa shape index (κ1) is 15.4. The Kier molecular flexibility index (Phi) is 5.64. The predicted octanol–water partition coefficient (Wildman–Crippen LogP) is 0.762. The number of nitrogens with one attached hydrogen (secondary N) is 2. The van der Waals surface area contributed by atoms with Gasteiger partial charge in [0.25, 0.3) is 0 Å². The second-order valence-electron chi connectivity index (χ2n) is 4.14. The second-order valence-corrected chi connectivity index (χ2v) is 5.08. The molecule has 1 heterocycles. The van der Waals surface area contributed by atoms with Crippen LogP contribution in [0.1, 0.15) is 0 Å². The third-order valence-electron chi connectivity index (χ3n) is 2.51. The number of carbonyl (C=O) groups is 1. The van der Waals surface area contributed by atoms with Gasteiger partial charge in [-0.15, -0.1) is 5.10 Å². The monoisotopic (exact) mass is 310 g/mol. The highest BCUT2D eigenvalue weighted by molar-refractivity contribution is 7.99. The van der Waals surface area contributed by atoms with Crippen molar-refractivity contribution in [2.45, 2.75) is 11.7 Å². The summed E-state index contributed by atoms with van der Waals surface area (Å²) in [5.74, 6) is -0.485. The van der Waals surface area contributed by atoms with E-state index in [2.05, 4.69) is 26.2 Å². The molecule has 0 aliphatic rings. The van der Waals surface area contributed by atoms with Gasteiger partial charge in [-0.3, -0.25) is 4.79 Å². The van der Waals surface area contributed by atoms with Crippen LogP contribution in [0.25, 0.3) is 0 Å². The third-order valence-corrected chi connectivity index (χ3v) is 3.47. The number of likely N-dealkylation sites (N-methyl/N-ethyl adjacent to an activating group) is 1. The van der Waals surface area contributed by atoms with Crippen molar-refractivity contribution in [3.63, 3.8) is 0 Å². The molecule has 0 spiro atoms. The highest BCUT2D eigenvalue weighted by Gasteiger charge is 2.10. The smallest absolute Gasteiger partial charge is 0.234 e. The van der Waals surface area contributed by atoms with E-state index in [4.69, 9.17) is 0 Å². The molecule has 2 aromatic rings. The van der Waals surface area contributed by atoms with Crippen molar-refractivity contribution < 1.29 is 9.18 Å². The van der Waals surface area contributed by atoms with E-state index in [0.29, 0.717) is 17.4 Å². The van der Waals surface area contributed by atoms with Crippen LogP contribution in [0.15, 0.2) is 29.4 Å². The minimum Gasteiger partial charge on any atom is -0.325 e. The zero-order valence-corrected chi connectivity index (χ0v) is 12.2. The van der Waals surface area contributed by atoms with E-state index in [9.17, 15) is 9.18 Å². The number of amides is 1. The van der Waals surface area contributed by atoms with E-state index in [1.807, 2.05) is 7.05 Å². The average molecular weight is 310 g/mol. The van der Waals surface area contributed by atoms with E-state index in [1.165, 1.54) is 30.0 Å². The van der Waals surface area contributed by atoms with Crippen LogP contribution >= 0.6 is 11.8 Å². The number of carbonyl (C=O) groups excluding carboxylic acids is 1. The molecule has 7 nitrogen and oxygen atoms in total. The first-order chi connectivity index (χ1) is 10.2. The quantitative estimate of drug-likeness (QED) is 0.735. The Labute approximate surface area is 125 Å². The second kappa shape index (κ2) is 7.70. The van der Waals surface area contributed by atoms with Gasteiger partial charge in [-0.25, -0.2) is 9.07 Å². The SMILES string of the molecule is CNCCn1nnnc1SCC(=O)Nc1cccc(F)c1. The van der Waals surface area contributed by atoms with Crippen molar-refractivity contribution in [1.29, 1.82) is 0 Å². The predicted molar refractivity (Wildman–Crippen MR) is 77.5 cm³/mol. The number of anilines is 1. The van der Waals surface area contributed by atoms with Crippen LogP contribution in [0.3, 0.4) is 0 Å². The minimum absolute atomic E-state index is 0.149. The number of rotatable bonds is 7. The Morgan fingerprint density at radius 1 is 1.48 bits per heavy atom. The van der Waals surface area contributed by atoms with Crippen LogP contribution in [0.5, 0.6) is 0 Å². The molecule has 0 aliphatic carbocycles. The number of benzene rings is 1. The van der Waals surface area contributed by atoms with Gasteiger partial charge in [0.2, 0.25) is 11.1 Å². The number of halogens is 1. The van der Waals surface area contributed by atoms with E-state index in [1.54, 1.807) is 10.7 Å². The lowest BCUT2D eigenvalue weighted by molar-refractivity contribution is -0.113. The van der Waals surface area contributed by atoms with Crippen LogP contribution < -0.4 is 10.6 Å². The molecule has 112 valence electrons. The van der Waals surface area contributed by atoms with Crippen molar-refractivity contribution >= 4 is 23.4 Å². The van der Waals surface area contributed by atoms with E-state index < -0.39 is 5.82 Å². The topological polar surface area (TPSA) is 84.7 Å². The van der Waals surface area contributed by atoms with Gasteiger partial charge in [-0.2, -0.15) is 0 Å². The Bertz CT molecular complexity index is 605. The Morgan fingerprint density at radius 3 is 3.10 bits per heavy atom. The first-order valence-electron chi connectivity index (χ1n) is 6.28. The number of thioether (sulfide) groups is 1. The molecule has 0 radical (unpaired) electrons. The largest absolute Gasteiger partial charge is 0.325 e. The molecule has 0 atom stereocenters. The molecule has 1 aromatic heterocycles. The molecule has 21 heavy (non-hydrogen) atoms. The molecule has 2 rings (SSSR count). The average Bonchev–Trinajstić information content (AvgIpc) is 2.90. The van der Waals surface area contributed by atoms with Crippen LogP contribution in [0.4, 0.5) is 10.1 Å². The molecule has 0 saturated heterocycles. The molecular formula is C12H15FN6OS. The Morgan fingerprint density at radius 2 is 2.33 bits per heavy atom. The summed E-state index contributed by atoms with van der Waals surface area (Å²) in [5.41, 5.74) is 0.426. The summed E-state index contributed by atoms with van der Waals surface area (Å²) in [6.07, 6.45) is 0. The maximum Gasteiger partial charge on any atom is 0.234 e. The van der Waals surface area contributed by atoms with E-state index in [0.717, 1.165) is 6.54 Å². The maximum absolute atomic E-state index is 13.0. The molecule has 0 saturated carbocycles. The minimum atomic E-state index is -0.392. The van der Waals surface area contributed by atoms with Gasteiger partial charge in [0.1, 0.15) is 5.82 Å². The highest BCUT2D eigenvalue weighted by Crippen LogP contribution is 2.15. The first-order valence-corrected chi connectivity index (χ1v) is 7.26. The number of hydrogen-bond donors (Lipinski definition) is 2. The zero-order chi connectivity index (χ0) is 15.1. The van der Waals surface area contributed by atoms with Crippen LogP contribution in [0.2, 0.25) is 0 Å². The van der Waals surface area contributed by atoms with Gasteiger partial charge >= 0.3 is 0 Å². The molecule has 0 fully saturated rings. The lowest BCUT2D eigenvalue weighted by Gasteiger charge is -2.05. The fourth-order valence-electron chi connectivity index (χ4n) is 1.55. The van der Waals surface area contributed by atoms with Crippen LogP contribution in [-0.2, 0) is 11.3 Å². The summed E-state index contributed by atoms with van der Waals surface area (Å²) < 4.78 is 14.6. The summed E-state index contributed by atoms with van der Waals surface area (Å²) in [4.78, 5) is 11.8. The number of nitrogens with zero attached hydrogens (tertiary/aromatic N) is 4. The lowest BCUT2D eigenvalue weighted by Crippen LogP contribution is -2.18. The summed E-state index contributed by atoms with van der Waals surface area (Å²) >= 11 is 1.23. The highest BCUT2D eigenvalue weighted by atomic mass is 32.2. The Hall–Kier alpha value is -2.00. The van der Waals surface area contributed by atoms with Gasteiger partial charge in [-0.05, 0) is 35.7 Å². The lowest BCUT2D eigenvalue weighted by atomic mass is 10.3. The van der Waals surface area contributed by atoms with Crippen molar-refractivity contribution in [1.82, 2.24) is 25.5 Å². The fraction of sp³-hybridized carbons (Fsp3) is 0.333.